The van der Waals surface area contributed by atoms with E-state index in [0.29, 0.717) is 18.3 Å². The normalized spacial score (nSPS) is 24.2. The number of carbonyl (C=O) groups excluding carboxylic acids is 1. The number of likely N-dealkylation sites (N-methyl/N-ethyl adjacent to an activating group) is 1. The molecular weight excluding hydrogens is 350 g/mol. The molecule has 1 aliphatic carbocycles. The van der Waals surface area contributed by atoms with Crippen LogP contribution in [0, 0.1) is 0 Å². The van der Waals surface area contributed by atoms with Crippen molar-refractivity contribution in [3.8, 4) is 0 Å². The molecule has 2 aliphatic heterocycles. The number of nitrogens with zero attached hydrogens (tertiary/aromatic N) is 3. The summed E-state index contributed by atoms with van der Waals surface area (Å²) < 4.78 is 5.91. The molecule has 0 unspecified atom stereocenters. The van der Waals surface area contributed by atoms with Crippen LogP contribution in [0.3, 0.4) is 0 Å². The van der Waals surface area contributed by atoms with Gasteiger partial charge in [0.1, 0.15) is 0 Å². The van der Waals surface area contributed by atoms with Gasteiger partial charge in [0.2, 0.25) is 0 Å². The van der Waals surface area contributed by atoms with E-state index < -0.39 is 0 Å². The molecule has 4 rings (SSSR count). The zero-order chi connectivity index (χ0) is 19.3. The number of hydrogen-bond acceptors (Lipinski definition) is 4. The SMILES string of the molecule is CCN1C(=O)/C(=C\c2ccc(N3CCCCC3)cc2)O/C1=N/C1CCCCC1. The van der Waals surface area contributed by atoms with E-state index in [9.17, 15) is 4.79 Å². The fraction of sp³-hybridized carbons (Fsp3) is 0.565. The first-order valence-corrected chi connectivity index (χ1v) is 10.9. The Balaban J connectivity index is 1.49. The first kappa shape index (κ1) is 19.0. The highest BCUT2D eigenvalue weighted by Crippen LogP contribution is 2.26. The second kappa shape index (κ2) is 8.80. The Bertz CT molecular complexity index is 742. The minimum absolute atomic E-state index is 0.0860. The number of benzene rings is 1. The van der Waals surface area contributed by atoms with Gasteiger partial charge in [0.15, 0.2) is 5.76 Å². The van der Waals surface area contributed by atoms with Crippen molar-refractivity contribution in [2.24, 2.45) is 4.99 Å². The molecule has 5 heteroatoms. The molecule has 0 N–H and O–H groups in total. The van der Waals surface area contributed by atoms with Gasteiger partial charge < -0.3 is 9.64 Å². The summed E-state index contributed by atoms with van der Waals surface area (Å²) in [6.07, 6.45) is 11.6. The van der Waals surface area contributed by atoms with Gasteiger partial charge in [-0.2, -0.15) is 0 Å². The maximum absolute atomic E-state index is 12.8. The largest absolute Gasteiger partial charge is 0.420 e. The average Bonchev–Trinajstić information content (AvgIpc) is 3.04. The fourth-order valence-corrected chi connectivity index (χ4v) is 4.33. The van der Waals surface area contributed by atoms with Crippen molar-refractivity contribution in [3.63, 3.8) is 0 Å². The number of ether oxygens (including phenoxy) is 1. The number of amides is 1. The zero-order valence-corrected chi connectivity index (χ0v) is 16.9. The van der Waals surface area contributed by atoms with Gasteiger partial charge in [-0.05, 0) is 62.8 Å². The lowest BCUT2D eigenvalue weighted by Crippen LogP contribution is -2.30. The summed E-state index contributed by atoms with van der Waals surface area (Å²) in [7, 11) is 0. The fourth-order valence-electron chi connectivity index (χ4n) is 4.33. The molecule has 5 nitrogen and oxygen atoms in total. The highest BCUT2D eigenvalue weighted by atomic mass is 16.5. The van der Waals surface area contributed by atoms with Crippen LogP contribution < -0.4 is 4.90 Å². The Hall–Kier alpha value is -2.30. The van der Waals surface area contributed by atoms with Crippen LogP contribution in [0.4, 0.5) is 5.69 Å². The van der Waals surface area contributed by atoms with Crippen molar-refractivity contribution in [3.05, 3.63) is 35.6 Å². The molecule has 0 aromatic heterocycles. The van der Waals surface area contributed by atoms with Gasteiger partial charge in [0.25, 0.3) is 5.91 Å². The number of rotatable bonds is 4. The van der Waals surface area contributed by atoms with Gasteiger partial charge in [-0.15, -0.1) is 0 Å². The summed E-state index contributed by atoms with van der Waals surface area (Å²) >= 11 is 0. The summed E-state index contributed by atoms with van der Waals surface area (Å²) in [6, 6.07) is 9.20. The van der Waals surface area contributed by atoms with Crippen LogP contribution in [0.15, 0.2) is 35.0 Å². The quantitative estimate of drug-likeness (QED) is 0.717. The standard InChI is InChI=1S/C23H31N3O2/c1-2-26-22(27)21(28-23(26)24-19-9-5-3-6-10-19)17-18-11-13-20(14-12-18)25-15-7-4-8-16-25/h11-14,17,19H,2-10,15-16H2,1H3/b21-17+,24-23+. The van der Waals surface area contributed by atoms with Crippen LogP contribution in [0.1, 0.15) is 63.9 Å². The summed E-state index contributed by atoms with van der Waals surface area (Å²) in [5.74, 6) is 0.291. The number of amidine groups is 1. The second-order valence-electron chi connectivity index (χ2n) is 8.00. The van der Waals surface area contributed by atoms with Crippen LogP contribution in [0.5, 0.6) is 0 Å². The smallest absolute Gasteiger partial charge is 0.300 e. The summed E-state index contributed by atoms with van der Waals surface area (Å²) in [6.45, 7) is 4.81. The van der Waals surface area contributed by atoms with Gasteiger partial charge >= 0.3 is 6.02 Å². The van der Waals surface area contributed by atoms with Crippen molar-refractivity contribution in [2.75, 3.05) is 24.5 Å². The third-order valence-corrected chi connectivity index (χ3v) is 5.98. The van der Waals surface area contributed by atoms with Gasteiger partial charge in [-0.1, -0.05) is 31.4 Å². The Morgan fingerprint density at radius 2 is 1.71 bits per heavy atom. The van der Waals surface area contributed by atoms with Crippen LogP contribution in [-0.2, 0) is 9.53 Å². The van der Waals surface area contributed by atoms with Crippen LogP contribution in [-0.4, -0.2) is 42.5 Å². The highest BCUT2D eigenvalue weighted by Gasteiger charge is 2.34. The topological polar surface area (TPSA) is 45.1 Å². The molecule has 0 atom stereocenters. The lowest BCUT2D eigenvalue weighted by molar-refractivity contribution is -0.122. The molecule has 0 bridgehead atoms. The van der Waals surface area contributed by atoms with E-state index >= 15 is 0 Å². The molecule has 28 heavy (non-hydrogen) atoms. The van der Waals surface area contributed by atoms with Crippen LogP contribution in [0.25, 0.3) is 6.08 Å². The van der Waals surface area contributed by atoms with Crippen molar-refractivity contribution in [1.82, 2.24) is 4.90 Å². The number of carbonyl (C=O) groups is 1. The lowest BCUT2D eigenvalue weighted by Gasteiger charge is -2.28. The van der Waals surface area contributed by atoms with Crippen molar-refractivity contribution < 1.29 is 9.53 Å². The molecule has 3 fully saturated rings. The molecule has 2 saturated heterocycles. The van der Waals surface area contributed by atoms with E-state index in [1.165, 1.54) is 44.2 Å². The van der Waals surface area contributed by atoms with Gasteiger partial charge in [-0.3, -0.25) is 9.69 Å². The third kappa shape index (κ3) is 4.23. The summed E-state index contributed by atoms with van der Waals surface area (Å²) in [4.78, 5) is 21.6. The lowest BCUT2D eigenvalue weighted by atomic mass is 9.96. The average molecular weight is 382 g/mol. The maximum atomic E-state index is 12.8. The van der Waals surface area contributed by atoms with Crippen molar-refractivity contribution >= 4 is 23.7 Å². The molecular formula is C23H31N3O2. The van der Waals surface area contributed by atoms with E-state index in [1.807, 2.05) is 13.0 Å². The van der Waals surface area contributed by atoms with Gasteiger partial charge in [-0.25, -0.2) is 4.99 Å². The first-order valence-electron chi connectivity index (χ1n) is 10.9. The summed E-state index contributed by atoms with van der Waals surface area (Å²) in [5, 5.41) is 0. The third-order valence-electron chi connectivity index (χ3n) is 5.98. The maximum Gasteiger partial charge on any atom is 0.300 e. The number of hydrogen-bond donors (Lipinski definition) is 0. The van der Waals surface area contributed by atoms with E-state index in [-0.39, 0.29) is 11.9 Å². The Labute approximate surface area is 168 Å². The predicted molar refractivity (Wildman–Crippen MR) is 113 cm³/mol. The number of piperidine rings is 1. The van der Waals surface area contributed by atoms with Gasteiger partial charge in [0.05, 0.1) is 6.04 Å². The van der Waals surface area contributed by atoms with E-state index in [2.05, 4.69) is 29.2 Å². The van der Waals surface area contributed by atoms with E-state index in [1.54, 1.807) is 4.90 Å². The second-order valence-corrected chi connectivity index (χ2v) is 8.00. The number of anilines is 1. The van der Waals surface area contributed by atoms with Crippen LogP contribution >= 0.6 is 0 Å². The predicted octanol–water partition coefficient (Wildman–Crippen LogP) is 4.59. The van der Waals surface area contributed by atoms with Gasteiger partial charge in [0, 0.05) is 25.3 Å². The molecule has 0 spiro atoms. The molecule has 3 aliphatic rings. The van der Waals surface area contributed by atoms with Crippen molar-refractivity contribution in [2.45, 2.75) is 64.3 Å². The van der Waals surface area contributed by atoms with E-state index in [0.717, 1.165) is 31.5 Å². The Kier molecular flexibility index (Phi) is 5.98. The molecule has 2 heterocycles. The summed E-state index contributed by atoms with van der Waals surface area (Å²) in [5.41, 5.74) is 2.24. The zero-order valence-electron chi connectivity index (χ0n) is 16.9. The molecule has 1 saturated carbocycles. The number of aliphatic imine (C=N–C) groups is 1. The molecule has 1 aromatic rings. The molecule has 150 valence electrons. The molecule has 1 amide bonds. The highest BCUT2D eigenvalue weighted by molar-refractivity contribution is 6.11. The minimum atomic E-state index is -0.0860. The van der Waals surface area contributed by atoms with Crippen molar-refractivity contribution in [1.29, 1.82) is 0 Å². The minimum Gasteiger partial charge on any atom is -0.420 e. The Morgan fingerprint density at radius 1 is 1.04 bits per heavy atom. The monoisotopic (exact) mass is 381 g/mol. The van der Waals surface area contributed by atoms with Crippen LogP contribution in [0.2, 0.25) is 0 Å². The molecule has 0 radical (unpaired) electrons. The first-order chi connectivity index (χ1) is 13.7. The molecule has 1 aromatic carbocycles. The Morgan fingerprint density at radius 3 is 2.39 bits per heavy atom. The van der Waals surface area contributed by atoms with E-state index in [4.69, 9.17) is 9.73 Å².